The van der Waals surface area contributed by atoms with Crippen LogP contribution >= 0.6 is 17.0 Å². The molecule has 2 aliphatic carbocycles. The number of rotatable bonds is 6. The largest absolute Gasteiger partial charge is 0.314 e. The molecule has 0 fully saturated rings. The van der Waals surface area contributed by atoms with Crippen molar-refractivity contribution in [3.05, 3.63) is 59.2 Å². The lowest BCUT2D eigenvalue weighted by Gasteiger charge is -2.44. The number of Topliss-reactive ketones (excluding diaryl/α,β-unsaturated/α-hetero) is 2. The van der Waals surface area contributed by atoms with Gasteiger partial charge >= 0.3 is 0 Å². The molecule has 0 spiro atoms. The highest BCUT2D eigenvalue weighted by Gasteiger charge is 2.49. The lowest BCUT2D eigenvalue weighted by molar-refractivity contribution is 0.0775. The number of nitrogens with two attached hydrogens (primary N) is 1. The zero-order valence-corrected chi connectivity index (χ0v) is 17.7. The van der Waals surface area contributed by atoms with Gasteiger partial charge in [0.25, 0.3) is 0 Å². The second-order valence-electron chi connectivity index (χ2n) is 7.09. The summed E-state index contributed by atoms with van der Waals surface area (Å²) in [7, 11) is 1.85. The minimum absolute atomic E-state index is 0. The number of benzene rings is 1. The maximum absolute atomic E-state index is 13.3. The molecule has 4 N–H and O–H groups in total. The number of carbonyl (C=O) groups is 2. The van der Waals surface area contributed by atoms with Gasteiger partial charge in [-0.2, -0.15) is 0 Å². The van der Waals surface area contributed by atoms with E-state index < -0.39 is 17.5 Å². The first-order valence-corrected chi connectivity index (χ1v) is 9.23. The molecule has 0 aliphatic heterocycles. The molecular weight excluding hydrogens is 406 g/mol. The second-order valence-corrected chi connectivity index (χ2v) is 7.09. The number of halogens is 1. The van der Waals surface area contributed by atoms with E-state index in [2.05, 4.69) is 17.6 Å². The molecule has 0 heterocycles. The molecule has 0 radical (unpaired) electrons. The number of fused-ring (bicyclic) bond motifs is 2. The second kappa shape index (κ2) is 8.61. The molecule has 3 rings (SSSR count). The van der Waals surface area contributed by atoms with Gasteiger partial charge in [0, 0.05) is 17.2 Å². The molecule has 0 saturated carbocycles. The Kier molecular flexibility index (Phi) is 6.92. The fourth-order valence-electron chi connectivity index (χ4n) is 3.95. The third-order valence-electron chi connectivity index (χ3n) is 5.59. The fourth-order valence-corrected chi connectivity index (χ4v) is 3.95. The number of likely N-dealkylation sites (N-methyl/N-ethyl adjacent to an activating group) is 1. The van der Waals surface area contributed by atoms with Crippen molar-refractivity contribution >= 4 is 28.5 Å². The Morgan fingerprint density at radius 3 is 2.41 bits per heavy atom. The first-order valence-electron chi connectivity index (χ1n) is 9.23. The topological polar surface area (TPSA) is 84.2 Å². The fraction of sp³-hybridized carbons (Fsp3) is 0.429. The van der Waals surface area contributed by atoms with E-state index in [9.17, 15) is 9.59 Å². The van der Waals surface area contributed by atoms with Gasteiger partial charge in [-0.05, 0) is 32.5 Å². The number of hydrogen-bond donors (Lipinski definition) is 3. The SMILES string of the molecule is Br.CCCNC(N)(C1=CC=CC2C(=O)c3ccccc3C(=O)C12)C(C)NC. The van der Waals surface area contributed by atoms with Crippen molar-refractivity contribution in [3.63, 3.8) is 0 Å². The summed E-state index contributed by atoms with van der Waals surface area (Å²) in [6.45, 7) is 4.78. The Bertz CT molecular complexity index is 789. The van der Waals surface area contributed by atoms with Crippen LogP contribution in [0.4, 0.5) is 0 Å². The summed E-state index contributed by atoms with van der Waals surface area (Å²) in [5.74, 6) is -1.10. The van der Waals surface area contributed by atoms with Crippen LogP contribution in [-0.2, 0) is 0 Å². The van der Waals surface area contributed by atoms with Gasteiger partial charge in [0.15, 0.2) is 11.6 Å². The van der Waals surface area contributed by atoms with E-state index in [1.165, 1.54) is 0 Å². The van der Waals surface area contributed by atoms with Gasteiger partial charge in [-0.15, -0.1) is 17.0 Å². The summed E-state index contributed by atoms with van der Waals surface area (Å²) in [4.78, 5) is 26.3. The van der Waals surface area contributed by atoms with Crippen LogP contribution in [0.1, 0.15) is 41.0 Å². The highest BCUT2D eigenvalue weighted by Crippen LogP contribution is 2.41. The molecule has 6 heteroatoms. The highest BCUT2D eigenvalue weighted by atomic mass is 79.9. The van der Waals surface area contributed by atoms with Crippen LogP contribution in [0.5, 0.6) is 0 Å². The van der Waals surface area contributed by atoms with Crippen LogP contribution in [0, 0.1) is 11.8 Å². The number of hydrogen-bond acceptors (Lipinski definition) is 5. The summed E-state index contributed by atoms with van der Waals surface area (Å²) in [6, 6.07) is 6.95. The Morgan fingerprint density at radius 2 is 1.81 bits per heavy atom. The predicted molar refractivity (Wildman–Crippen MR) is 113 cm³/mol. The zero-order valence-electron chi connectivity index (χ0n) is 16.0. The minimum atomic E-state index is -0.916. The van der Waals surface area contributed by atoms with Crippen molar-refractivity contribution in [1.82, 2.24) is 10.6 Å². The average Bonchev–Trinajstić information content (AvgIpc) is 2.69. The van der Waals surface area contributed by atoms with Gasteiger partial charge in [0.2, 0.25) is 0 Å². The van der Waals surface area contributed by atoms with Gasteiger partial charge < -0.3 is 11.1 Å². The van der Waals surface area contributed by atoms with Crippen LogP contribution in [0.25, 0.3) is 0 Å². The van der Waals surface area contributed by atoms with Crippen molar-refractivity contribution in [2.24, 2.45) is 17.6 Å². The quantitative estimate of drug-likeness (QED) is 0.600. The molecule has 1 aromatic carbocycles. The number of ketones is 2. The third-order valence-corrected chi connectivity index (χ3v) is 5.59. The van der Waals surface area contributed by atoms with Crippen LogP contribution in [0.15, 0.2) is 48.1 Å². The van der Waals surface area contributed by atoms with Gasteiger partial charge in [0.1, 0.15) is 5.66 Å². The van der Waals surface area contributed by atoms with Crippen molar-refractivity contribution in [2.45, 2.75) is 32.0 Å². The van der Waals surface area contributed by atoms with E-state index in [0.29, 0.717) is 11.1 Å². The monoisotopic (exact) mass is 433 g/mol. The molecule has 1 aromatic rings. The molecule has 0 amide bonds. The summed E-state index contributed by atoms with van der Waals surface area (Å²) in [5, 5.41) is 6.61. The molecule has 2 aliphatic rings. The summed E-state index contributed by atoms with van der Waals surface area (Å²) >= 11 is 0. The van der Waals surface area contributed by atoms with Gasteiger partial charge in [-0.1, -0.05) is 49.4 Å². The van der Waals surface area contributed by atoms with E-state index in [4.69, 9.17) is 5.73 Å². The Labute approximate surface area is 171 Å². The molecule has 4 atom stereocenters. The smallest absolute Gasteiger partial charge is 0.171 e. The van der Waals surface area contributed by atoms with Crippen LogP contribution < -0.4 is 16.4 Å². The Balaban J connectivity index is 0.00000261. The van der Waals surface area contributed by atoms with Crippen LogP contribution in [0.3, 0.4) is 0 Å². The zero-order chi connectivity index (χ0) is 18.9. The van der Waals surface area contributed by atoms with E-state index in [1.54, 1.807) is 24.3 Å². The molecule has 146 valence electrons. The molecule has 0 aromatic heterocycles. The molecule has 0 saturated heterocycles. The summed E-state index contributed by atoms with van der Waals surface area (Å²) in [6.07, 6.45) is 6.50. The lowest BCUT2D eigenvalue weighted by atomic mass is 9.65. The normalized spacial score (nSPS) is 24.2. The van der Waals surface area contributed by atoms with Crippen molar-refractivity contribution in [1.29, 1.82) is 0 Å². The lowest BCUT2D eigenvalue weighted by Crippen LogP contribution is -2.68. The Morgan fingerprint density at radius 1 is 1.19 bits per heavy atom. The van der Waals surface area contributed by atoms with Crippen LogP contribution in [-0.4, -0.2) is 36.9 Å². The molecule has 27 heavy (non-hydrogen) atoms. The number of carbonyl (C=O) groups excluding carboxylic acids is 2. The maximum atomic E-state index is 13.3. The van der Waals surface area contributed by atoms with E-state index in [0.717, 1.165) is 18.5 Å². The number of allylic oxidation sites excluding steroid dienone is 3. The minimum Gasteiger partial charge on any atom is -0.314 e. The average molecular weight is 434 g/mol. The Hall–Kier alpha value is -1.60. The maximum Gasteiger partial charge on any atom is 0.171 e. The van der Waals surface area contributed by atoms with Crippen LogP contribution in [0.2, 0.25) is 0 Å². The summed E-state index contributed by atoms with van der Waals surface area (Å²) in [5.41, 5.74) is 7.67. The van der Waals surface area contributed by atoms with E-state index >= 15 is 0 Å². The third kappa shape index (κ3) is 3.59. The van der Waals surface area contributed by atoms with E-state index in [1.807, 2.05) is 32.2 Å². The molecule has 0 bridgehead atoms. The van der Waals surface area contributed by atoms with E-state index in [-0.39, 0.29) is 34.6 Å². The standard InChI is InChI=1S/C21H27N3O2.BrH/c1-4-12-24-21(22,13(2)23-3)17-11-7-10-16-18(17)20(26)15-9-6-5-8-14(15)19(16)25;/h5-11,13,16,18,23-24H,4,12,22H2,1-3H3;1H. The molecule has 4 unspecified atom stereocenters. The van der Waals surface area contributed by atoms with Crippen molar-refractivity contribution in [3.8, 4) is 0 Å². The van der Waals surface area contributed by atoms with Crippen molar-refractivity contribution < 1.29 is 9.59 Å². The predicted octanol–water partition coefficient (Wildman–Crippen LogP) is 2.63. The highest BCUT2D eigenvalue weighted by molar-refractivity contribution is 8.93. The van der Waals surface area contributed by atoms with Crippen molar-refractivity contribution in [2.75, 3.05) is 13.6 Å². The first-order chi connectivity index (χ1) is 12.5. The molecular formula is C21H28BrN3O2. The van der Waals surface area contributed by atoms with Gasteiger partial charge in [-0.25, -0.2) is 0 Å². The van der Waals surface area contributed by atoms with Gasteiger partial charge in [0.05, 0.1) is 11.8 Å². The number of nitrogens with one attached hydrogen (secondary N) is 2. The van der Waals surface area contributed by atoms with Gasteiger partial charge in [-0.3, -0.25) is 14.9 Å². The molecule has 5 nitrogen and oxygen atoms in total. The summed E-state index contributed by atoms with van der Waals surface area (Å²) < 4.78 is 0. The first kappa shape index (κ1) is 21.7.